The van der Waals surface area contributed by atoms with Crippen LogP contribution < -0.4 is 0 Å². The minimum atomic E-state index is 0.0845. The van der Waals surface area contributed by atoms with Crippen LogP contribution in [0, 0.1) is 0 Å². The van der Waals surface area contributed by atoms with Gasteiger partial charge in [0.25, 0.3) is 0 Å². The number of aromatic nitrogens is 1. The van der Waals surface area contributed by atoms with Crippen molar-refractivity contribution in [3.63, 3.8) is 0 Å². The largest absolute Gasteiger partial charge is 0.361 e. The van der Waals surface area contributed by atoms with Crippen molar-refractivity contribution < 1.29 is 9.32 Å². The average molecular weight is 163 g/mol. The molecular weight excluding hydrogens is 154 g/mol. The summed E-state index contributed by atoms with van der Waals surface area (Å²) in [4.78, 5) is 11.3. The zero-order chi connectivity index (χ0) is 8.18. The van der Waals surface area contributed by atoms with Crippen LogP contribution in [0.25, 0.3) is 0 Å². The quantitative estimate of drug-likeness (QED) is 0.577. The number of hydrogen-bond acceptors (Lipinski definition) is 3. The Morgan fingerprint density at radius 2 is 2.33 bits per heavy atom. The maximum Gasteiger partial charge on any atom is 0.146 e. The highest BCUT2D eigenvalue weighted by Gasteiger charge is 2.52. The van der Waals surface area contributed by atoms with Gasteiger partial charge in [-0.25, -0.2) is 0 Å². The maximum absolute atomic E-state index is 11.3. The first-order valence-electron chi connectivity index (χ1n) is 4.26. The van der Waals surface area contributed by atoms with Crippen LogP contribution in [0.3, 0.4) is 0 Å². The third kappa shape index (κ3) is 0.661. The molecular formula is C9H9NO2. The Bertz CT molecular complexity index is 349. The third-order valence-corrected chi connectivity index (χ3v) is 2.90. The lowest BCUT2D eigenvalue weighted by atomic mass is 9.85. The van der Waals surface area contributed by atoms with Crippen molar-refractivity contribution in [3.8, 4) is 0 Å². The molecule has 0 unspecified atom stereocenters. The van der Waals surface area contributed by atoms with Crippen LogP contribution in [-0.4, -0.2) is 10.9 Å². The molecule has 3 heteroatoms. The van der Waals surface area contributed by atoms with Gasteiger partial charge in [-0.05, 0) is 12.8 Å². The molecule has 0 atom stereocenters. The van der Waals surface area contributed by atoms with Crippen molar-refractivity contribution in [2.24, 2.45) is 0 Å². The normalized spacial score (nSPS) is 24.2. The van der Waals surface area contributed by atoms with Crippen LogP contribution in [0.4, 0.5) is 0 Å². The minimum Gasteiger partial charge on any atom is -0.361 e. The minimum absolute atomic E-state index is 0.0845. The lowest BCUT2D eigenvalue weighted by Gasteiger charge is -2.17. The van der Waals surface area contributed by atoms with E-state index < -0.39 is 0 Å². The second kappa shape index (κ2) is 1.79. The van der Waals surface area contributed by atoms with E-state index in [2.05, 4.69) is 5.16 Å². The van der Waals surface area contributed by atoms with E-state index in [1.54, 1.807) is 6.20 Å². The highest BCUT2D eigenvalue weighted by molar-refractivity contribution is 5.85. The monoisotopic (exact) mass is 163 g/mol. The van der Waals surface area contributed by atoms with Gasteiger partial charge in [-0.3, -0.25) is 4.79 Å². The predicted octanol–water partition coefficient (Wildman–Crippen LogP) is 1.22. The number of Topliss-reactive ketones (excluding diaryl/α,β-unsaturated/α-hetero) is 1. The zero-order valence-electron chi connectivity index (χ0n) is 6.67. The van der Waals surface area contributed by atoms with Gasteiger partial charge in [-0.2, -0.15) is 0 Å². The van der Waals surface area contributed by atoms with Gasteiger partial charge in [0.2, 0.25) is 0 Å². The summed E-state index contributed by atoms with van der Waals surface area (Å²) < 4.78 is 5.18. The van der Waals surface area contributed by atoms with Crippen molar-refractivity contribution in [3.05, 3.63) is 17.5 Å². The fraction of sp³-hybridized carbons (Fsp3) is 0.556. The molecule has 3 nitrogen and oxygen atoms in total. The van der Waals surface area contributed by atoms with E-state index in [0.717, 1.165) is 24.2 Å². The SMILES string of the molecule is O=C1Cc2cnoc2C2(CC2)C1. The van der Waals surface area contributed by atoms with Crippen molar-refractivity contribution in [2.45, 2.75) is 31.1 Å². The topological polar surface area (TPSA) is 43.1 Å². The Morgan fingerprint density at radius 3 is 3.08 bits per heavy atom. The number of rotatable bonds is 0. The smallest absolute Gasteiger partial charge is 0.146 e. The molecule has 1 heterocycles. The molecule has 1 spiro atoms. The molecule has 3 rings (SSSR count). The number of hydrogen-bond donors (Lipinski definition) is 0. The Labute approximate surface area is 69.7 Å². The van der Waals surface area contributed by atoms with Gasteiger partial charge >= 0.3 is 0 Å². The van der Waals surface area contributed by atoms with Crippen LogP contribution in [0.5, 0.6) is 0 Å². The van der Waals surface area contributed by atoms with Gasteiger partial charge in [-0.1, -0.05) is 5.16 Å². The Balaban J connectivity index is 2.17. The molecule has 1 aromatic rings. The molecule has 0 aromatic carbocycles. The Morgan fingerprint density at radius 1 is 1.50 bits per heavy atom. The summed E-state index contributed by atoms with van der Waals surface area (Å²) in [5.41, 5.74) is 1.10. The molecule has 1 aromatic heterocycles. The molecule has 12 heavy (non-hydrogen) atoms. The van der Waals surface area contributed by atoms with Gasteiger partial charge in [0.05, 0.1) is 6.20 Å². The number of fused-ring (bicyclic) bond motifs is 2. The van der Waals surface area contributed by atoms with Crippen LogP contribution >= 0.6 is 0 Å². The average Bonchev–Trinajstić information content (AvgIpc) is 2.62. The van der Waals surface area contributed by atoms with E-state index in [1.807, 2.05) is 0 Å². The van der Waals surface area contributed by atoms with Gasteiger partial charge in [-0.15, -0.1) is 0 Å². The summed E-state index contributed by atoms with van der Waals surface area (Å²) >= 11 is 0. The van der Waals surface area contributed by atoms with Crippen LogP contribution in [0.2, 0.25) is 0 Å². The molecule has 2 aliphatic rings. The van der Waals surface area contributed by atoms with Crippen LogP contribution in [-0.2, 0) is 16.6 Å². The van der Waals surface area contributed by atoms with Crippen LogP contribution in [0.15, 0.2) is 10.7 Å². The molecule has 1 fully saturated rings. The Kier molecular flexibility index (Phi) is 0.953. The first-order valence-corrected chi connectivity index (χ1v) is 4.26. The van der Waals surface area contributed by atoms with Crippen molar-refractivity contribution >= 4 is 5.78 Å². The lowest BCUT2D eigenvalue weighted by molar-refractivity contribution is -0.119. The van der Waals surface area contributed by atoms with Gasteiger partial charge in [0.15, 0.2) is 0 Å². The second-order valence-corrected chi connectivity index (χ2v) is 3.85. The first kappa shape index (κ1) is 6.40. The van der Waals surface area contributed by atoms with Gasteiger partial charge in [0, 0.05) is 23.8 Å². The maximum atomic E-state index is 11.3. The molecule has 62 valence electrons. The van der Waals surface area contributed by atoms with Gasteiger partial charge < -0.3 is 4.52 Å². The summed E-state index contributed by atoms with van der Waals surface area (Å²) in [5, 5.41) is 3.75. The second-order valence-electron chi connectivity index (χ2n) is 3.85. The van der Waals surface area contributed by atoms with E-state index in [4.69, 9.17) is 4.52 Å². The van der Waals surface area contributed by atoms with E-state index in [1.165, 1.54) is 0 Å². The fourth-order valence-electron chi connectivity index (χ4n) is 2.11. The molecule has 0 saturated heterocycles. The molecule has 0 bridgehead atoms. The Hall–Kier alpha value is -1.12. The van der Waals surface area contributed by atoms with E-state index in [9.17, 15) is 4.79 Å². The van der Waals surface area contributed by atoms with E-state index >= 15 is 0 Å². The summed E-state index contributed by atoms with van der Waals surface area (Å²) in [5.74, 6) is 1.32. The third-order valence-electron chi connectivity index (χ3n) is 2.90. The molecule has 1 saturated carbocycles. The van der Waals surface area contributed by atoms with E-state index in [-0.39, 0.29) is 5.41 Å². The molecule has 0 N–H and O–H groups in total. The highest BCUT2D eigenvalue weighted by atomic mass is 16.5. The summed E-state index contributed by atoms with van der Waals surface area (Å²) in [6.45, 7) is 0. The fourth-order valence-corrected chi connectivity index (χ4v) is 2.11. The lowest BCUT2D eigenvalue weighted by Crippen LogP contribution is -2.21. The first-order chi connectivity index (χ1) is 5.80. The summed E-state index contributed by atoms with van der Waals surface area (Å²) in [6.07, 6.45) is 5.09. The molecule has 0 amide bonds. The van der Waals surface area contributed by atoms with Crippen molar-refractivity contribution in [2.75, 3.05) is 0 Å². The molecule has 0 radical (unpaired) electrons. The zero-order valence-corrected chi connectivity index (χ0v) is 6.67. The highest BCUT2D eigenvalue weighted by Crippen LogP contribution is 2.54. The number of ketones is 1. The van der Waals surface area contributed by atoms with Crippen molar-refractivity contribution in [1.82, 2.24) is 5.16 Å². The number of carbonyl (C=O) groups is 1. The van der Waals surface area contributed by atoms with Crippen molar-refractivity contribution in [1.29, 1.82) is 0 Å². The number of carbonyl (C=O) groups excluding carboxylic acids is 1. The number of nitrogens with zero attached hydrogens (tertiary/aromatic N) is 1. The predicted molar refractivity (Wildman–Crippen MR) is 40.7 cm³/mol. The van der Waals surface area contributed by atoms with Crippen LogP contribution in [0.1, 0.15) is 30.6 Å². The van der Waals surface area contributed by atoms with E-state index in [0.29, 0.717) is 18.6 Å². The van der Waals surface area contributed by atoms with Gasteiger partial charge in [0.1, 0.15) is 11.5 Å². The standard InChI is InChI=1S/C9H9NO2/c11-7-3-6-5-10-12-8(6)9(4-7)1-2-9/h5H,1-4H2. The molecule has 0 aliphatic heterocycles. The summed E-state index contributed by atoms with van der Waals surface area (Å²) in [7, 11) is 0. The summed E-state index contributed by atoms with van der Waals surface area (Å²) in [6, 6.07) is 0. The molecule has 2 aliphatic carbocycles.